The molecule has 2 rings (SSSR count). The van der Waals surface area contributed by atoms with E-state index >= 15 is 0 Å². The Hall–Kier alpha value is -1.32. The van der Waals surface area contributed by atoms with Crippen LogP contribution in [0.25, 0.3) is 0 Å². The molecular formula is C12H19N3O. The molecule has 1 aromatic rings. The van der Waals surface area contributed by atoms with Gasteiger partial charge < -0.3 is 9.47 Å². The first kappa shape index (κ1) is 11.2. The number of aryl methyl sites for hydroxylation is 2. The highest BCUT2D eigenvalue weighted by Crippen LogP contribution is 2.11. The van der Waals surface area contributed by atoms with E-state index in [9.17, 15) is 4.79 Å². The third kappa shape index (κ3) is 2.62. The minimum absolute atomic E-state index is 0.280. The number of likely N-dealkylation sites (tertiary alicyclic amines) is 1. The van der Waals surface area contributed by atoms with E-state index in [1.54, 1.807) is 6.20 Å². The monoisotopic (exact) mass is 221 g/mol. The van der Waals surface area contributed by atoms with Crippen LogP contribution in [-0.2, 0) is 18.3 Å². The standard InChI is InChI=1S/C12H19N3O/c1-14-10-7-13-11(14)5-6-12(16)15-8-3-2-4-9-15/h7,10H,2-6,8-9H2,1H3. The Morgan fingerprint density at radius 3 is 2.75 bits per heavy atom. The van der Waals surface area contributed by atoms with E-state index in [-0.39, 0.29) is 5.91 Å². The van der Waals surface area contributed by atoms with Crippen molar-refractivity contribution >= 4 is 5.91 Å². The fourth-order valence-electron chi connectivity index (χ4n) is 2.16. The summed E-state index contributed by atoms with van der Waals surface area (Å²) in [5.41, 5.74) is 0. The van der Waals surface area contributed by atoms with Gasteiger partial charge in [-0.1, -0.05) is 0 Å². The SMILES string of the molecule is Cn1ccnc1CCC(=O)N1CCCCC1. The largest absolute Gasteiger partial charge is 0.343 e. The van der Waals surface area contributed by atoms with Crippen LogP contribution < -0.4 is 0 Å². The highest BCUT2D eigenvalue weighted by atomic mass is 16.2. The topological polar surface area (TPSA) is 38.1 Å². The Labute approximate surface area is 96.3 Å². The molecule has 1 fully saturated rings. The molecule has 0 bridgehead atoms. The van der Waals surface area contributed by atoms with Gasteiger partial charge in [-0.2, -0.15) is 0 Å². The number of piperidine rings is 1. The zero-order chi connectivity index (χ0) is 11.4. The van der Waals surface area contributed by atoms with Gasteiger partial charge in [0, 0.05) is 45.4 Å². The minimum Gasteiger partial charge on any atom is -0.343 e. The summed E-state index contributed by atoms with van der Waals surface area (Å²) in [7, 11) is 1.97. The Balaban J connectivity index is 1.81. The van der Waals surface area contributed by atoms with Crippen molar-refractivity contribution in [1.29, 1.82) is 0 Å². The third-order valence-corrected chi connectivity index (χ3v) is 3.19. The highest BCUT2D eigenvalue weighted by molar-refractivity contribution is 5.76. The van der Waals surface area contributed by atoms with Crippen molar-refractivity contribution in [3.63, 3.8) is 0 Å². The molecule has 1 aliphatic rings. The second-order valence-electron chi connectivity index (χ2n) is 4.40. The molecule has 16 heavy (non-hydrogen) atoms. The van der Waals surface area contributed by atoms with Crippen LogP contribution in [0, 0.1) is 0 Å². The number of rotatable bonds is 3. The summed E-state index contributed by atoms with van der Waals surface area (Å²) in [5.74, 6) is 1.27. The van der Waals surface area contributed by atoms with Crippen molar-refractivity contribution in [2.24, 2.45) is 7.05 Å². The average Bonchev–Trinajstić information content (AvgIpc) is 2.73. The van der Waals surface area contributed by atoms with Crippen LogP contribution >= 0.6 is 0 Å². The Morgan fingerprint density at radius 1 is 1.38 bits per heavy atom. The van der Waals surface area contributed by atoms with Crippen LogP contribution in [0.4, 0.5) is 0 Å². The van der Waals surface area contributed by atoms with Gasteiger partial charge in [0.2, 0.25) is 5.91 Å². The molecule has 0 N–H and O–H groups in total. The average molecular weight is 221 g/mol. The lowest BCUT2D eigenvalue weighted by Crippen LogP contribution is -2.35. The van der Waals surface area contributed by atoms with Crippen molar-refractivity contribution in [2.45, 2.75) is 32.1 Å². The molecule has 0 atom stereocenters. The van der Waals surface area contributed by atoms with Crippen molar-refractivity contribution in [1.82, 2.24) is 14.5 Å². The first-order valence-electron chi connectivity index (χ1n) is 6.01. The van der Waals surface area contributed by atoms with Crippen LogP contribution in [-0.4, -0.2) is 33.4 Å². The number of hydrogen-bond donors (Lipinski definition) is 0. The zero-order valence-corrected chi connectivity index (χ0v) is 9.85. The maximum Gasteiger partial charge on any atom is 0.223 e. The number of nitrogens with zero attached hydrogens (tertiary/aromatic N) is 3. The summed E-state index contributed by atoms with van der Waals surface area (Å²) < 4.78 is 1.98. The van der Waals surface area contributed by atoms with E-state index in [4.69, 9.17) is 0 Å². The minimum atomic E-state index is 0.280. The van der Waals surface area contributed by atoms with Crippen LogP contribution in [0.3, 0.4) is 0 Å². The van der Waals surface area contributed by atoms with Crippen LogP contribution in [0.1, 0.15) is 31.5 Å². The molecule has 1 aromatic heterocycles. The first-order valence-corrected chi connectivity index (χ1v) is 6.01. The maximum atomic E-state index is 11.9. The smallest absolute Gasteiger partial charge is 0.223 e. The van der Waals surface area contributed by atoms with Gasteiger partial charge in [-0.05, 0) is 19.3 Å². The molecule has 0 spiro atoms. The molecule has 0 unspecified atom stereocenters. The molecule has 0 aliphatic carbocycles. The normalized spacial score (nSPS) is 16.4. The third-order valence-electron chi connectivity index (χ3n) is 3.19. The predicted octanol–water partition coefficient (Wildman–Crippen LogP) is 1.37. The Kier molecular flexibility index (Phi) is 3.59. The number of carbonyl (C=O) groups is 1. The van der Waals surface area contributed by atoms with E-state index in [1.165, 1.54) is 6.42 Å². The van der Waals surface area contributed by atoms with E-state index < -0.39 is 0 Å². The van der Waals surface area contributed by atoms with Crippen LogP contribution in [0.15, 0.2) is 12.4 Å². The van der Waals surface area contributed by atoms with Crippen LogP contribution in [0.5, 0.6) is 0 Å². The fourth-order valence-corrected chi connectivity index (χ4v) is 2.16. The summed E-state index contributed by atoms with van der Waals surface area (Å²) in [4.78, 5) is 18.1. The first-order chi connectivity index (χ1) is 7.77. The van der Waals surface area contributed by atoms with Gasteiger partial charge in [-0.15, -0.1) is 0 Å². The zero-order valence-electron chi connectivity index (χ0n) is 9.85. The van der Waals surface area contributed by atoms with Crippen molar-refractivity contribution < 1.29 is 4.79 Å². The van der Waals surface area contributed by atoms with Gasteiger partial charge in [-0.3, -0.25) is 4.79 Å². The molecule has 88 valence electrons. The summed E-state index contributed by atoms with van der Waals surface area (Å²) in [5, 5.41) is 0. The van der Waals surface area contributed by atoms with Gasteiger partial charge in [0.1, 0.15) is 5.82 Å². The Morgan fingerprint density at radius 2 is 2.12 bits per heavy atom. The molecule has 2 heterocycles. The predicted molar refractivity (Wildman–Crippen MR) is 62.0 cm³/mol. The molecule has 1 amide bonds. The summed E-state index contributed by atoms with van der Waals surface area (Å²) in [6, 6.07) is 0. The summed E-state index contributed by atoms with van der Waals surface area (Å²) in [6.07, 6.45) is 8.62. The number of imidazole rings is 1. The second-order valence-corrected chi connectivity index (χ2v) is 4.40. The molecule has 4 nitrogen and oxygen atoms in total. The lowest BCUT2D eigenvalue weighted by molar-refractivity contribution is -0.132. The van der Waals surface area contributed by atoms with Gasteiger partial charge in [0.25, 0.3) is 0 Å². The number of aromatic nitrogens is 2. The molecule has 4 heteroatoms. The molecule has 0 aromatic carbocycles. The highest BCUT2D eigenvalue weighted by Gasteiger charge is 2.16. The van der Waals surface area contributed by atoms with E-state index in [1.807, 2.05) is 22.7 Å². The van der Waals surface area contributed by atoms with Crippen molar-refractivity contribution in [3.05, 3.63) is 18.2 Å². The molecule has 1 aliphatic heterocycles. The van der Waals surface area contributed by atoms with Crippen molar-refractivity contribution in [3.8, 4) is 0 Å². The fraction of sp³-hybridized carbons (Fsp3) is 0.667. The van der Waals surface area contributed by atoms with Gasteiger partial charge in [0.05, 0.1) is 0 Å². The molecule has 0 saturated carbocycles. The summed E-state index contributed by atoms with van der Waals surface area (Å²) >= 11 is 0. The van der Waals surface area contributed by atoms with Gasteiger partial charge >= 0.3 is 0 Å². The van der Waals surface area contributed by atoms with Crippen molar-refractivity contribution in [2.75, 3.05) is 13.1 Å². The molecule has 1 saturated heterocycles. The lowest BCUT2D eigenvalue weighted by atomic mass is 10.1. The van der Waals surface area contributed by atoms with E-state index in [0.717, 1.165) is 38.2 Å². The summed E-state index contributed by atoms with van der Waals surface area (Å²) in [6.45, 7) is 1.89. The quantitative estimate of drug-likeness (QED) is 0.773. The number of hydrogen-bond acceptors (Lipinski definition) is 2. The van der Waals surface area contributed by atoms with Crippen LogP contribution in [0.2, 0.25) is 0 Å². The van der Waals surface area contributed by atoms with Gasteiger partial charge in [-0.25, -0.2) is 4.98 Å². The number of amides is 1. The van der Waals surface area contributed by atoms with E-state index in [0.29, 0.717) is 6.42 Å². The molecular weight excluding hydrogens is 202 g/mol. The lowest BCUT2D eigenvalue weighted by Gasteiger charge is -2.26. The Bertz CT molecular complexity index is 353. The number of carbonyl (C=O) groups excluding carboxylic acids is 1. The van der Waals surface area contributed by atoms with E-state index in [2.05, 4.69) is 4.98 Å². The maximum absolute atomic E-state index is 11.9. The second kappa shape index (κ2) is 5.14. The molecule has 0 radical (unpaired) electrons. The van der Waals surface area contributed by atoms with Gasteiger partial charge in [0.15, 0.2) is 0 Å².